The fourth-order valence-corrected chi connectivity index (χ4v) is 1.66. The number of nitrogens with two attached hydrogens (primary N) is 1. The maximum Gasteiger partial charge on any atom is 0.237 e. The van der Waals surface area contributed by atoms with Crippen molar-refractivity contribution in [3.05, 3.63) is 28.5 Å². The zero-order valence-corrected chi connectivity index (χ0v) is 10.1. The monoisotopic (exact) mass is 254 g/mol. The first-order valence-electron chi connectivity index (χ1n) is 4.91. The van der Waals surface area contributed by atoms with Gasteiger partial charge in [-0.1, -0.05) is 23.7 Å². The molecule has 0 amide bonds. The molecular formula is C10H11ClN4O2. The largest absolute Gasteiger partial charge is 0.480 e. The van der Waals surface area contributed by atoms with Gasteiger partial charge in [-0.2, -0.15) is 0 Å². The number of ether oxygens (including phenoxy) is 1. The van der Waals surface area contributed by atoms with E-state index in [0.717, 1.165) is 5.56 Å². The number of nitrogen functional groups attached to an aromatic ring is 1. The lowest BCUT2D eigenvalue weighted by atomic mass is 9.99. The molecule has 0 bridgehead atoms. The van der Waals surface area contributed by atoms with Crippen molar-refractivity contribution in [3.8, 4) is 5.88 Å². The average molecular weight is 255 g/mol. The third-order valence-corrected chi connectivity index (χ3v) is 2.59. The Bertz CT molecular complexity index is 529. The molecule has 0 radical (unpaired) electrons. The van der Waals surface area contributed by atoms with Crippen LogP contribution in [0.15, 0.2) is 16.7 Å². The maximum atomic E-state index is 5.81. The fraction of sp³-hybridized carbons (Fsp3) is 0.300. The molecule has 0 aliphatic rings. The second-order valence-corrected chi connectivity index (χ2v) is 3.89. The standard InChI is InChI=1S/C10H11ClN4O2/c1-5(7-4-9(12)17-15-7)6-3-8(11)13-14-10(6)16-2/h3-5H,12H2,1-2H3. The third kappa shape index (κ3) is 2.31. The Morgan fingerprint density at radius 1 is 1.41 bits per heavy atom. The molecule has 2 heterocycles. The molecule has 0 aliphatic heterocycles. The zero-order valence-electron chi connectivity index (χ0n) is 9.35. The van der Waals surface area contributed by atoms with Gasteiger partial charge in [-0.05, 0) is 6.07 Å². The maximum absolute atomic E-state index is 5.81. The summed E-state index contributed by atoms with van der Waals surface area (Å²) in [6.07, 6.45) is 0. The number of anilines is 1. The van der Waals surface area contributed by atoms with Crippen LogP contribution in [0.2, 0.25) is 5.15 Å². The summed E-state index contributed by atoms with van der Waals surface area (Å²) in [5, 5.41) is 11.7. The van der Waals surface area contributed by atoms with Crippen molar-refractivity contribution in [2.75, 3.05) is 12.8 Å². The second kappa shape index (κ2) is 4.58. The summed E-state index contributed by atoms with van der Waals surface area (Å²) in [5.74, 6) is 0.571. The Hall–Kier alpha value is -1.82. The summed E-state index contributed by atoms with van der Waals surface area (Å²) in [6.45, 7) is 1.92. The number of hydrogen-bond acceptors (Lipinski definition) is 6. The SMILES string of the molecule is COc1nnc(Cl)cc1C(C)c1cc(N)on1. The van der Waals surface area contributed by atoms with E-state index >= 15 is 0 Å². The lowest BCUT2D eigenvalue weighted by Crippen LogP contribution is -2.03. The van der Waals surface area contributed by atoms with Crippen LogP contribution >= 0.6 is 11.6 Å². The van der Waals surface area contributed by atoms with Crippen molar-refractivity contribution in [2.45, 2.75) is 12.8 Å². The second-order valence-electron chi connectivity index (χ2n) is 3.51. The molecule has 17 heavy (non-hydrogen) atoms. The molecule has 2 N–H and O–H groups in total. The number of aromatic nitrogens is 3. The molecule has 6 nitrogen and oxygen atoms in total. The number of halogens is 1. The van der Waals surface area contributed by atoms with Crippen molar-refractivity contribution in [1.29, 1.82) is 0 Å². The molecule has 1 unspecified atom stereocenters. The Kier molecular flexibility index (Phi) is 3.14. The fourth-order valence-electron chi connectivity index (χ4n) is 1.51. The van der Waals surface area contributed by atoms with E-state index in [1.807, 2.05) is 6.92 Å². The molecule has 0 saturated carbocycles. The van der Waals surface area contributed by atoms with Gasteiger partial charge in [-0.25, -0.2) is 0 Å². The summed E-state index contributed by atoms with van der Waals surface area (Å²) in [4.78, 5) is 0. The number of hydrogen-bond donors (Lipinski definition) is 1. The minimum Gasteiger partial charge on any atom is -0.480 e. The van der Waals surface area contributed by atoms with Crippen LogP contribution in [0.25, 0.3) is 0 Å². The lowest BCUT2D eigenvalue weighted by molar-refractivity contribution is 0.383. The highest BCUT2D eigenvalue weighted by atomic mass is 35.5. The minimum atomic E-state index is -0.0981. The predicted octanol–water partition coefficient (Wildman–Crippen LogP) is 1.86. The van der Waals surface area contributed by atoms with Crippen LogP contribution < -0.4 is 10.5 Å². The highest BCUT2D eigenvalue weighted by molar-refractivity contribution is 6.29. The zero-order chi connectivity index (χ0) is 12.4. The van der Waals surface area contributed by atoms with Gasteiger partial charge in [-0.15, -0.1) is 10.2 Å². The van der Waals surface area contributed by atoms with Crippen molar-refractivity contribution in [1.82, 2.24) is 15.4 Å². The van der Waals surface area contributed by atoms with Crippen LogP contribution in [0.3, 0.4) is 0 Å². The van der Waals surface area contributed by atoms with Crippen molar-refractivity contribution in [2.24, 2.45) is 0 Å². The molecule has 2 rings (SSSR count). The van der Waals surface area contributed by atoms with E-state index in [-0.39, 0.29) is 11.8 Å². The summed E-state index contributed by atoms with van der Waals surface area (Å²) in [5.41, 5.74) is 6.94. The van der Waals surface area contributed by atoms with Gasteiger partial charge in [0.05, 0.1) is 12.8 Å². The first-order valence-corrected chi connectivity index (χ1v) is 5.28. The van der Waals surface area contributed by atoms with Crippen LogP contribution in [0.4, 0.5) is 5.88 Å². The van der Waals surface area contributed by atoms with Gasteiger partial charge in [-0.3, -0.25) is 0 Å². The quantitative estimate of drug-likeness (QED) is 0.900. The topological polar surface area (TPSA) is 87.1 Å². The van der Waals surface area contributed by atoms with Crippen LogP contribution in [0.1, 0.15) is 24.1 Å². The van der Waals surface area contributed by atoms with E-state index in [2.05, 4.69) is 15.4 Å². The Balaban J connectivity index is 2.42. The highest BCUT2D eigenvalue weighted by Crippen LogP contribution is 2.30. The Morgan fingerprint density at radius 3 is 2.76 bits per heavy atom. The average Bonchev–Trinajstić information content (AvgIpc) is 2.75. The molecule has 2 aromatic heterocycles. The lowest BCUT2D eigenvalue weighted by Gasteiger charge is -2.11. The van der Waals surface area contributed by atoms with Gasteiger partial charge in [0.25, 0.3) is 0 Å². The van der Waals surface area contributed by atoms with Gasteiger partial charge in [0.15, 0.2) is 5.15 Å². The number of nitrogens with zero attached hydrogens (tertiary/aromatic N) is 3. The molecule has 0 aliphatic carbocycles. The molecular weight excluding hydrogens is 244 g/mol. The normalized spacial score (nSPS) is 12.4. The smallest absolute Gasteiger partial charge is 0.237 e. The highest BCUT2D eigenvalue weighted by Gasteiger charge is 2.19. The molecule has 0 aromatic carbocycles. The van der Waals surface area contributed by atoms with Crippen LogP contribution in [-0.4, -0.2) is 22.5 Å². The molecule has 90 valence electrons. The third-order valence-electron chi connectivity index (χ3n) is 2.41. The molecule has 2 aromatic rings. The van der Waals surface area contributed by atoms with E-state index in [0.29, 0.717) is 16.7 Å². The van der Waals surface area contributed by atoms with Gasteiger partial charge in [0, 0.05) is 17.5 Å². The summed E-state index contributed by atoms with van der Waals surface area (Å²) < 4.78 is 9.96. The molecule has 0 spiro atoms. The summed E-state index contributed by atoms with van der Waals surface area (Å²) >= 11 is 5.81. The van der Waals surface area contributed by atoms with E-state index < -0.39 is 0 Å². The van der Waals surface area contributed by atoms with E-state index in [1.165, 1.54) is 7.11 Å². The van der Waals surface area contributed by atoms with Gasteiger partial charge in [0.1, 0.15) is 0 Å². The molecule has 0 fully saturated rings. The van der Waals surface area contributed by atoms with E-state index in [9.17, 15) is 0 Å². The number of rotatable bonds is 3. The van der Waals surface area contributed by atoms with Crippen LogP contribution in [0.5, 0.6) is 5.88 Å². The summed E-state index contributed by atoms with van der Waals surface area (Å²) in [7, 11) is 1.52. The first-order chi connectivity index (χ1) is 8.11. The van der Waals surface area contributed by atoms with Crippen molar-refractivity contribution < 1.29 is 9.26 Å². The Labute approximate surface area is 103 Å². The predicted molar refractivity (Wildman–Crippen MR) is 62.0 cm³/mol. The molecule has 1 atom stereocenters. The minimum absolute atomic E-state index is 0.0981. The van der Waals surface area contributed by atoms with Gasteiger partial charge < -0.3 is 15.0 Å². The van der Waals surface area contributed by atoms with Gasteiger partial charge in [0.2, 0.25) is 11.8 Å². The molecule has 0 saturated heterocycles. The summed E-state index contributed by atoms with van der Waals surface area (Å²) in [6, 6.07) is 3.33. The van der Waals surface area contributed by atoms with E-state index in [4.69, 9.17) is 26.6 Å². The Morgan fingerprint density at radius 2 is 2.18 bits per heavy atom. The van der Waals surface area contributed by atoms with E-state index in [1.54, 1.807) is 12.1 Å². The first kappa shape index (κ1) is 11.7. The molecule has 7 heteroatoms. The van der Waals surface area contributed by atoms with Crippen LogP contribution in [0, 0.1) is 0 Å². The van der Waals surface area contributed by atoms with Crippen molar-refractivity contribution >= 4 is 17.5 Å². The number of methoxy groups -OCH3 is 1. The van der Waals surface area contributed by atoms with Crippen LogP contribution in [-0.2, 0) is 0 Å². The van der Waals surface area contributed by atoms with Gasteiger partial charge >= 0.3 is 0 Å². The van der Waals surface area contributed by atoms with Crippen molar-refractivity contribution in [3.63, 3.8) is 0 Å².